The number of aromatic nitrogens is 3. The van der Waals surface area contributed by atoms with Gasteiger partial charge in [-0.05, 0) is 37.3 Å². The first-order valence-electron chi connectivity index (χ1n) is 14.2. The molecule has 2 aromatic heterocycles. The van der Waals surface area contributed by atoms with Gasteiger partial charge >= 0.3 is 0 Å². The Morgan fingerprint density at radius 1 is 1.17 bits per heavy atom. The number of aliphatic hydroxyl groups excluding tert-OH is 2. The van der Waals surface area contributed by atoms with E-state index in [4.69, 9.17) is 18.6 Å². The number of hydrogen-bond donors (Lipinski definition) is 2. The number of methoxy groups -OCH3 is 2. The first-order valence-corrected chi connectivity index (χ1v) is 15.2. The summed E-state index contributed by atoms with van der Waals surface area (Å²) in [6.45, 7) is 5.00. The van der Waals surface area contributed by atoms with E-state index in [1.807, 2.05) is 11.9 Å². The highest BCUT2D eigenvalue weighted by atomic mass is 32.2. The summed E-state index contributed by atoms with van der Waals surface area (Å²) in [6, 6.07) is 3.27. The lowest BCUT2D eigenvalue weighted by Gasteiger charge is -2.38. The van der Waals surface area contributed by atoms with E-state index in [1.54, 1.807) is 27.9 Å². The van der Waals surface area contributed by atoms with Crippen LogP contribution < -0.4 is 0 Å². The average Bonchev–Trinajstić information content (AvgIpc) is 3.61. The number of rotatable bonds is 9. The molecule has 42 heavy (non-hydrogen) atoms. The van der Waals surface area contributed by atoms with Crippen LogP contribution in [0.15, 0.2) is 28.0 Å². The monoisotopic (exact) mass is 611 g/mol. The van der Waals surface area contributed by atoms with E-state index < -0.39 is 18.3 Å². The van der Waals surface area contributed by atoms with Crippen molar-refractivity contribution in [3.05, 3.63) is 18.4 Å². The summed E-state index contributed by atoms with van der Waals surface area (Å²) in [5.74, 6) is 1.14. The van der Waals surface area contributed by atoms with Gasteiger partial charge in [0, 0.05) is 53.6 Å². The summed E-state index contributed by atoms with van der Waals surface area (Å²) in [6.07, 6.45) is 0.232. The highest BCUT2D eigenvalue weighted by Gasteiger charge is 2.33. The normalized spacial score (nSPS) is 23.2. The van der Waals surface area contributed by atoms with Crippen LogP contribution in [-0.4, -0.2) is 130 Å². The largest absolute Gasteiger partial charge is 0.461 e. The van der Waals surface area contributed by atoms with Gasteiger partial charge in [0.05, 0.1) is 18.6 Å². The van der Waals surface area contributed by atoms with Crippen LogP contribution in [-0.2, 0) is 30.8 Å². The Bertz CT molecular complexity index is 1100. The second kappa shape index (κ2) is 17.0. The quantitative estimate of drug-likeness (QED) is 0.396. The molecule has 13 nitrogen and oxygen atoms in total. The number of thioether (sulfide) groups is 1. The molecule has 0 aliphatic carbocycles. The minimum absolute atomic E-state index is 0.0107. The van der Waals surface area contributed by atoms with Gasteiger partial charge in [0.1, 0.15) is 24.9 Å². The number of nitrogens with zero attached hydrogens (tertiary/aromatic N) is 5. The summed E-state index contributed by atoms with van der Waals surface area (Å²) in [7, 11) is 4.69. The first-order chi connectivity index (χ1) is 20.2. The van der Waals surface area contributed by atoms with Gasteiger partial charge in [-0.3, -0.25) is 9.59 Å². The molecular weight excluding hydrogens is 566 g/mol. The van der Waals surface area contributed by atoms with Gasteiger partial charge in [-0.1, -0.05) is 25.6 Å². The lowest BCUT2D eigenvalue weighted by Crippen LogP contribution is -2.54. The fourth-order valence-corrected chi connectivity index (χ4v) is 5.75. The van der Waals surface area contributed by atoms with E-state index >= 15 is 0 Å². The topological polar surface area (TPSA) is 153 Å². The van der Waals surface area contributed by atoms with Crippen LogP contribution in [0.4, 0.5) is 0 Å². The van der Waals surface area contributed by atoms with Crippen molar-refractivity contribution in [3.8, 4) is 11.6 Å². The summed E-state index contributed by atoms with van der Waals surface area (Å²) in [5, 5.41) is 30.3. The predicted molar refractivity (Wildman–Crippen MR) is 156 cm³/mol. The lowest BCUT2D eigenvalue weighted by molar-refractivity contribution is -0.145. The molecule has 0 aromatic carbocycles. The maximum absolute atomic E-state index is 13.8. The third kappa shape index (κ3) is 9.51. The van der Waals surface area contributed by atoms with E-state index in [2.05, 4.69) is 24.0 Å². The van der Waals surface area contributed by atoms with Crippen LogP contribution >= 0.6 is 11.8 Å². The molecule has 3 rings (SSSR count). The summed E-state index contributed by atoms with van der Waals surface area (Å²) >= 11 is 1.29. The van der Waals surface area contributed by atoms with Crippen LogP contribution in [0.5, 0.6) is 0 Å². The van der Waals surface area contributed by atoms with Crippen molar-refractivity contribution >= 4 is 23.6 Å². The zero-order valence-electron chi connectivity index (χ0n) is 25.2. The Morgan fingerprint density at radius 3 is 2.62 bits per heavy atom. The molecule has 0 unspecified atom stereocenters. The molecule has 14 heteroatoms. The molecule has 0 spiro atoms. The molecule has 1 saturated heterocycles. The Labute approximate surface area is 251 Å². The predicted octanol–water partition coefficient (Wildman–Crippen LogP) is 1.43. The number of carbonyl (C=O) groups excluding carboxylic acids is 2. The third-order valence-corrected chi connectivity index (χ3v) is 8.17. The molecule has 236 valence electrons. The molecule has 2 amide bonds. The fourth-order valence-electron chi connectivity index (χ4n) is 4.95. The Morgan fingerprint density at radius 2 is 1.95 bits per heavy atom. The highest BCUT2D eigenvalue weighted by Crippen LogP contribution is 2.24. The van der Waals surface area contributed by atoms with Crippen LogP contribution in [0.3, 0.4) is 0 Å². The molecule has 0 bridgehead atoms. The van der Waals surface area contributed by atoms with Gasteiger partial charge in [0.15, 0.2) is 16.7 Å². The van der Waals surface area contributed by atoms with Gasteiger partial charge < -0.3 is 43.2 Å². The molecule has 3 heterocycles. The fraction of sp³-hybridized carbons (Fsp3) is 0.714. The maximum atomic E-state index is 13.8. The van der Waals surface area contributed by atoms with E-state index in [1.165, 1.54) is 26.0 Å². The summed E-state index contributed by atoms with van der Waals surface area (Å²) in [4.78, 5) is 30.4. The van der Waals surface area contributed by atoms with Crippen LogP contribution in [0, 0.1) is 5.92 Å². The van der Waals surface area contributed by atoms with E-state index in [-0.39, 0.29) is 55.8 Å². The molecular formula is C28H45N5O8S. The number of aliphatic hydroxyl groups is 2. The van der Waals surface area contributed by atoms with Crippen molar-refractivity contribution in [1.82, 2.24) is 24.6 Å². The number of furan rings is 1. The van der Waals surface area contributed by atoms with Gasteiger partial charge in [0.2, 0.25) is 11.8 Å². The van der Waals surface area contributed by atoms with Crippen LogP contribution in [0.2, 0.25) is 0 Å². The van der Waals surface area contributed by atoms with Crippen molar-refractivity contribution in [2.45, 2.75) is 62.6 Å². The number of hydrogen-bond acceptors (Lipinski definition) is 11. The van der Waals surface area contributed by atoms with Crippen molar-refractivity contribution < 1.29 is 38.4 Å². The number of amides is 2. The van der Waals surface area contributed by atoms with Crippen LogP contribution in [0.25, 0.3) is 11.6 Å². The zero-order valence-corrected chi connectivity index (χ0v) is 26.0. The van der Waals surface area contributed by atoms with Gasteiger partial charge in [0.25, 0.3) is 0 Å². The minimum Gasteiger partial charge on any atom is -0.461 e. The van der Waals surface area contributed by atoms with Crippen molar-refractivity contribution in [1.29, 1.82) is 0 Å². The zero-order chi connectivity index (χ0) is 30.6. The van der Waals surface area contributed by atoms with E-state index in [0.717, 1.165) is 0 Å². The standard InChI is InChI=1S/C28H45N5O8S/c1-19(2)13-20-14-32(24(35)17-38-4)15-23(39-5)26(37)21(34)16-40-11-7-6-10-33(20)25(36)18-42-28-30-29-27(31(28)3)22-9-8-12-41-22/h8-9,12,19-21,23,26,34,37H,6-7,10-11,13-18H2,1-5H3/t20-,21+,23+,26+/m0/s1. The molecule has 4 atom stereocenters. The van der Waals surface area contributed by atoms with E-state index in [9.17, 15) is 19.8 Å². The molecule has 2 aromatic rings. The molecule has 1 fully saturated rings. The summed E-state index contributed by atoms with van der Waals surface area (Å²) in [5.41, 5.74) is 0. The smallest absolute Gasteiger partial charge is 0.248 e. The van der Waals surface area contributed by atoms with Gasteiger partial charge in [-0.2, -0.15) is 0 Å². The first kappa shape index (κ1) is 34.0. The maximum Gasteiger partial charge on any atom is 0.248 e. The Balaban J connectivity index is 1.86. The Hall–Kier alpha value is -2.49. The van der Waals surface area contributed by atoms with Crippen molar-refractivity contribution in [2.75, 3.05) is 59.4 Å². The summed E-state index contributed by atoms with van der Waals surface area (Å²) < 4.78 is 23.5. The van der Waals surface area contributed by atoms with Crippen molar-refractivity contribution in [2.24, 2.45) is 13.0 Å². The SMILES string of the molecule is COCC(=O)N1C[C@H](CC(C)C)N(C(=O)CSc2nnc(-c3ccco3)n2C)CCCCOC[C@@H](O)[C@@H](O)[C@H](OC)C1. The molecule has 1 aliphatic heterocycles. The molecule has 0 saturated carbocycles. The van der Waals surface area contributed by atoms with E-state index in [0.29, 0.717) is 49.2 Å². The third-order valence-electron chi connectivity index (χ3n) is 7.16. The molecule has 2 N–H and O–H groups in total. The van der Waals surface area contributed by atoms with Gasteiger partial charge in [-0.25, -0.2) is 0 Å². The average molecular weight is 612 g/mol. The second-order valence-corrected chi connectivity index (χ2v) is 11.8. The van der Waals surface area contributed by atoms with Gasteiger partial charge in [-0.15, -0.1) is 10.2 Å². The Kier molecular flexibility index (Phi) is 13.7. The molecule has 0 radical (unpaired) electrons. The minimum atomic E-state index is -1.27. The van der Waals surface area contributed by atoms with Crippen molar-refractivity contribution in [3.63, 3.8) is 0 Å². The van der Waals surface area contributed by atoms with Crippen LogP contribution in [0.1, 0.15) is 33.1 Å². The second-order valence-electron chi connectivity index (χ2n) is 10.8. The lowest BCUT2D eigenvalue weighted by atomic mass is 10.00. The number of carbonyl (C=O) groups is 2. The molecule has 1 aliphatic rings. The highest BCUT2D eigenvalue weighted by molar-refractivity contribution is 7.99. The number of ether oxygens (including phenoxy) is 3.